The summed E-state index contributed by atoms with van der Waals surface area (Å²) >= 11 is 0. The molecule has 1 atom stereocenters. The van der Waals surface area contributed by atoms with E-state index in [0.717, 1.165) is 18.3 Å². The standard InChI is InChI=1S/C10H11N3O6S/c1-2-3-8(10(14)15)12-20(18,19)7-4-5-9(11-6-7)13(16)17/h2,4-6,8,12H,1,3H2,(H,14,15). The summed E-state index contributed by atoms with van der Waals surface area (Å²) in [6.07, 6.45) is 1.94. The fourth-order valence-corrected chi connectivity index (χ4v) is 2.41. The number of rotatable bonds is 7. The molecule has 20 heavy (non-hydrogen) atoms. The monoisotopic (exact) mass is 301 g/mol. The maximum absolute atomic E-state index is 11.9. The number of sulfonamides is 1. The van der Waals surface area contributed by atoms with Gasteiger partial charge < -0.3 is 15.2 Å². The third kappa shape index (κ3) is 3.83. The molecule has 0 radical (unpaired) electrons. The maximum atomic E-state index is 11.9. The van der Waals surface area contributed by atoms with Gasteiger partial charge in [-0.25, -0.2) is 8.42 Å². The predicted molar refractivity (Wildman–Crippen MR) is 67.5 cm³/mol. The third-order valence-electron chi connectivity index (χ3n) is 2.22. The van der Waals surface area contributed by atoms with Crippen molar-refractivity contribution in [2.75, 3.05) is 0 Å². The number of nitrogens with one attached hydrogen (secondary N) is 1. The number of carboxylic acids is 1. The van der Waals surface area contributed by atoms with Gasteiger partial charge in [-0.15, -0.1) is 6.58 Å². The average molecular weight is 301 g/mol. The molecule has 108 valence electrons. The lowest BCUT2D eigenvalue weighted by atomic mass is 10.2. The maximum Gasteiger partial charge on any atom is 0.363 e. The molecule has 1 unspecified atom stereocenters. The lowest BCUT2D eigenvalue weighted by Crippen LogP contribution is -2.40. The van der Waals surface area contributed by atoms with E-state index < -0.39 is 32.8 Å². The first-order valence-corrected chi connectivity index (χ1v) is 6.72. The average Bonchev–Trinajstić information content (AvgIpc) is 2.38. The molecule has 9 nitrogen and oxygen atoms in total. The van der Waals surface area contributed by atoms with Crippen molar-refractivity contribution < 1.29 is 23.2 Å². The van der Waals surface area contributed by atoms with Gasteiger partial charge in [-0.3, -0.25) is 4.79 Å². The number of carboxylic acid groups (broad SMARTS) is 1. The molecular formula is C10H11N3O6S. The summed E-state index contributed by atoms with van der Waals surface area (Å²) in [5, 5.41) is 19.3. The van der Waals surface area contributed by atoms with Crippen LogP contribution in [0, 0.1) is 10.1 Å². The van der Waals surface area contributed by atoms with Crippen molar-refractivity contribution in [2.45, 2.75) is 17.4 Å². The molecule has 1 heterocycles. The lowest BCUT2D eigenvalue weighted by molar-refractivity contribution is -0.389. The van der Waals surface area contributed by atoms with Gasteiger partial charge in [-0.1, -0.05) is 6.08 Å². The molecule has 0 aliphatic rings. The van der Waals surface area contributed by atoms with Gasteiger partial charge in [0.1, 0.15) is 10.9 Å². The molecule has 1 rings (SSSR count). The van der Waals surface area contributed by atoms with Gasteiger partial charge in [0.25, 0.3) is 0 Å². The van der Waals surface area contributed by atoms with E-state index in [1.54, 1.807) is 0 Å². The van der Waals surface area contributed by atoms with Crippen LogP contribution in [0.2, 0.25) is 0 Å². The van der Waals surface area contributed by atoms with Gasteiger partial charge in [0.2, 0.25) is 10.0 Å². The van der Waals surface area contributed by atoms with E-state index in [0.29, 0.717) is 0 Å². The molecule has 0 aliphatic heterocycles. The Bertz CT molecular complexity index is 625. The van der Waals surface area contributed by atoms with Gasteiger partial charge in [0.15, 0.2) is 6.20 Å². The summed E-state index contributed by atoms with van der Waals surface area (Å²) in [6, 6.07) is 0.519. The van der Waals surface area contributed by atoms with Gasteiger partial charge in [-0.2, -0.15) is 4.72 Å². The number of nitro groups is 1. The molecule has 10 heteroatoms. The molecule has 0 fully saturated rings. The summed E-state index contributed by atoms with van der Waals surface area (Å²) in [5.41, 5.74) is 0. The number of nitrogens with zero attached hydrogens (tertiary/aromatic N) is 2. The quantitative estimate of drug-likeness (QED) is 0.419. The van der Waals surface area contributed by atoms with Gasteiger partial charge in [0, 0.05) is 6.07 Å². The second kappa shape index (κ2) is 6.21. The van der Waals surface area contributed by atoms with E-state index >= 15 is 0 Å². The van der Waals surface area contributed by atoms with Crippen LogP contribution in [0.4, 0.5) is 5.82 Å². The van der Waals surface area contributed by atoms with Crippen molar-refractivity contribution in [3.8, 4) is 0 Å². The highest BCUT2D eigenvalue weighted by molar-refractivity contribution is 7.89. The van der Waals surface area contributed by atoms with E-state index in [9.17, 15) is 23.3 Å². The van der Waals surface area contributed by atoms with E-state index in [1.165, 1.54) is 6.08 Å². The Morgan fingerprint density at radius 3 is 2.65 bits per heavy atom. The van der Waals surface area contributed by atoms with Gasteiger partial charge in [0.05, 0.1) is 0 Å². The second-order valence-corrected chi connectivity index (χ2v) is 5.36. The first-order valence-electron chi connectivity index (χ1n) is 5.24. The molecule has 2 N–H and O–H groups in total. The minimum Gasteiger partial charge on any atom is -0.480 e. The summed E-state index contributed by atoms with van der Waals surface area (Å²) in [6.45, 7) is 3.33. The summed E-state index contributed by atoms with van der Waals surface area (Å²) in [7, 11) is -4.13. The van der Waals surface area contributed by atoms with Crippen LogP contribution in [0.15, 0.2) is 35.9 Å². The van der Waals surface area contributed by atoms with Crippen LogP contribution in [0.3, 0.4) is 0 Å². The van der Waals surface area contributed by atoms with Crippen LogP contribution in [-0.2, 0) is 14.8 Å². The van der Waals surface area contributed by atoms with Crippen LogP contribution in [0.1, 0.15) is 6.42 Å². The van der Waals surface area contributed by atoms with E-state index in [1.807, 2.05) is 4.72 Å². The Balaban J connectivity index is 3.00. The molecule has 1 aromatic rings. The van der Waals surface area contributed by atoms with Gasteiger partial charge in [-0.05, 0) is 22.4 Å². The van der Waals surface area contributed by atoms with Crippen molar-refractivity contribution >= 4 is 21.8 Å². The third-order valence-corrected chi connectivity index (χ3v) is 3.67. The number of hydrogen-bond donors (Lipinski definition) is 2. The lowest BCUT2D eigenvalue weighted by Gasteiger charge is -2.12. The zero-order valence-corrected chi connectivity index (χ0v) is 10.9. The van der Waals surface area contributed by atoms with Crippen molar-refractivity contribution in [3.63, 3.8) is 0 Å². The van der Waals surface area contributed by atoms with E-state index in [2.05, 4.69) is 11.6 Å². The van der Waals surface area contributed by atoms with Gasteiger partial charge >= 0.3 is 11.8 Å². The second-order valence-electron chi connectivity index (χ2n) is 3.65. The highest BCUT2D eigenvalue weighted by atomic mass is 32.2. The highest BCUT2D eigenvalue weighted by Crippen LogP contribution is 2.13. The van der Waals surface area contributed by atoms with Crippen molar-refractivity contribution in [1.82, 2.24) is 9.71 Å². The molecule has 0 saturated heterocycles. The summed E-state index contributed by atoms with van der Waals surface area (Å²) < 4.78 is 25.7. The topological polar surface area (TPSA) is 140 Å². The minimum atomic E-state index is -4.13. The molecule has 0 saturated carbocycles. The zero-order chi connectivity index (χ0) is 15.3. The smallest absolute Gasteiger partial charge is 0.363 e. The number of carbonyl (C=O) groups is 1. The first kappa shape index (κ1) is 15.7. The Labute approximate surface area is 114 Å². The Morgan fingerprint density at radius 2 is 2.25 bits per heavy atom. The van der Waals surface area contributed by atoms with Crippen LogP contribution in [0.5, 0.6) is 0 Å². The Morgan fingerprint density at radius 1 is 1.60 bits per heavy atom. The molecule has 0 amide bonds. The summed E-state index contributed by atoms with van der Waals surface area (Å²) in [4.78, 5) is 23.5. The van der Waals surface area contributed by atoms with Crippen molar-refractivity contribution in [1.29, 1.82) is 0 Å². The number of aliphatic carboxylic acids is 1. The van der Waals surface area contributed by atoms with Crippen molar-refractivity contribution in [3.05, 3.63) is 41.1 Å². The van der Waals surface area contributed by atoms with Crippen LogP contribution >= 0.6 is 0 Å². The number of hydrogen-bond acceptors (Lipinski definition) is 6. The van der Waals surface area contributed by atoms with E-state index in [-0.39, 0.29) is 11.3 Å². The molecule has 0 spiro atoms. The van der Waals surface area contributed by atoms with Crippen molar-refractivity contribution in [2.24, 2.45) is 0 Å². The summed E-state index contributed by atoms with van der Waals surface area (Å²) in [5.74, 6) is -1.87. The normalized spacial score (nSPS) is 12.6. The molecule has 0 aromatic carbocycles. The van der Waals surface area contributed by atoms with Crippen LogP contribution in [0.25, 0.3) is 0 Å². The fourth-order valence-electron chi connectivity index (χ4n) is 1.26. The SMILES string of the molecule is C=CCC(NS(=O)(=O)c1ccc([N+](=O)[O-])nc1)C(=O)O. The minimum absolute atomic E-state index is 0.102. The molecular weight excluding hydrogens is 290 g/mol. The fraction of sp³-hybridized carbons (Fsp3) is 0.200. The number of aromatic nitrogens is 1. The molecule has 1 aromatic heterocycles. The zero-order valence-electron chi connectivity index (χ0n) is 10.1. The number of pyridine rings is 1. The van der Waals surface area contributed by atoms with Crippen LogP contribution < -0.4 is 4.72 Å². The Kier molecular flexibility index (Phi) is 4.88. The van der Waals surface area contributed by atoms with Crippen LogP contribution in [-0.4, -0.2) is 35.4 Å². The highest BCUT2D eigenvalue weighted by Gasteiger charge is 2.25. The molecule has 0 aliphatic carbocycles. The first-order chi connectivity index (χ1) is 9.27. The largest absolute Gasteiger partial charge is 0.480 e. The van der Waals surface area contributed by atoms with E-state index in [4.69, 9.17) is 5.11 Å². The Hall–Kier alpha value is -2.33. The predicted octanol–water partition coefficient (Wildman–Crippen LogP) is 0.297. The molecule has 0 bridgehead atoms.